The van der Waals surface area contributed by atoms with Gasteiger partial charge in [0.15, 0.2) is 0 Å². The molecule has 5 heteroatoms. The average Bonchev–Trinajstić information content (AvgIpc) is 2.25. The van der Waals surface area contributed by atoms with Crippen LogP contribution in [0.4, 0.5) is 0 Å². The van der Waals surface area contributed by atoms with Gasteiger partial charge < -0.3 is 16.2 Å². The molecule has 0 aliphatic carbocycles. The summed E-state index contributed by atoms with van der Waals surface area (Å²) in [6.45, 7) is 5.64. The number of amides is 1. The first kappa shape index (κ1) is 14.9. The number of nitrogens with one attached hydrogen (secondary N) is 1. The lowest BCUT2D eigenvalue weighted by molar-refractivity contribution is -0.147. The van der Waals surface area contributed by atoms with E-state index >= 15 is 0 Å². The molecule has 0 heterocycles. The van der Waals surface area contributed by atoms with Crippen molar-refractivity contribution < 1.29 is 14.7 Å². The standard InChI is InChI=1S/C11H22N2O3/c1-4-8(7-12)6-9(14)13-11(3,5-2)10(15)16/h8H,4-7,12H2,1-3H3,(H,13,14)(H,15,16). The minimum Gasteiger partial charge on any atom is -0.480 e. The van der Waals surface area contributed by atoms with Crippen molar-refractivity contribution in [3.63, 3.8) is 0 Å². The Morgan fingerprint density at radius 1 is 1.44 bits per heavy atom. The molecule has 16 heavy (non-hydrogen) atoms. The minimum absolute atomic E-state index is 0.120. The first-order chi connectivity index (χ1) is 7.39. The Morgan fingerprint density at radius 2 is 2.00 bits per heavy atom. The third-order valence-corrected chi connectivity index (χ3v) is 2.98. The number of rotatable bonds is 7. The van der Waals surface area contributed by atoms with E-state index in [1.807, 2.05) is 6.92 Å². The van der Waals surface area contributed by atoms with Crippen molar-refractivity contribution in [2.24, 2.45) is 11.7 Å². The smallest absolute Gasteiger partial charge is 0.329 e. The minimum atomic E-state index is -1.18. The fraction of sp³-hybridized carbons (Fsp3) is 0.818. The molecule has 5 nitrogen and oxygen atoms in total. The van der Waals surface area contributed by atoms with Gasteiger partial charge in [-0.2, -0.15) is 0 Å². The van der Waals surface area contributed by atoms with Crippen molar-refractivity contribution in [3.05, 3.63) is 0 Å². The Morgan fingerprint density at radius 3 is 2.31 bits per heavy atom. The molecular weight excluding hydrogens is 208 g/mol. The van der Waals surface area contributed by atoms with Gasteiger partial charge in [0.05, 0.1) is 0 Å². The van der Waals surface area contributed by atoms with Gasteiger partial charge in [0.2, 0.25) is 5.91 Å². The molecule has 0 radical (unpaired) electrons. The fourth-order valence-electron chi connectivity index (χ4n) is 1.31. The van der Waals surface area contributed by atoms with Crippen molar-refractivity contribution in [3.8, 4) is 0 Å². The molecule has 0 aromatic rings. The van der Waals surface area contributed by atoms with E-state index in [0.717, 1.165) is 6.42 Å². The Labute approximate surface area is 96.4 Å². The number of carboxylic acids is 1. The number of hydrogen-bond donors (Lipinski definition) is 3. The van der Waals surface area contributed by atoms with E-state index in [1.54, 1.807) is 6.92 Å². The van der Waals surface area contributed by atoms with Crippen molar-refractivity contribution in [1.82, 2.24) is 5.32 Å². The molecule has 0 aromatic heterocycles. The summed E-state index contributed by atoms with van der Waals surface area (Å²) in [5, 5.41) is 11.5. The second-order valence-electron chi connectivity index (χ2n) is 4.25. The van der Waals surface area contributed by atoms with Crippen LogP contribution < -0.4 is 11.1 Å². The molecule has 4 N–H and O–H groups in total. The first-order valence-electron chi connectivity index (χ1n) is 5.64. The molecule has 94 valence electrons. The van der Waals surface area contributed by atoms with Crippen molar-refractivity contribution >= 4 is 11.9 Å². The maximum atomic E-state index is 11.6. The molecule has 0 bridgehead atoms. The summed E-state index contributed by atoms with van der Waals surface area (Å²) < 4.78 is 0. The fourth-order valence-corrected chi connectivity index (χ4v) is 1.31. The molecule has 0 aliphatic rings. The topological polar surface area (TPSA) is 92.4 Å². The Balaban J connectivity index is 4.37. The molecule has 1 amide bonds. The zero-order valence-electron chi connectivity index (χ0n) is 10.2. The number of carbonyl (C=O) groups is 2. The SMILES string of the molecule is CCC(CN)CC(=O)NC(C)(CC)C(=O)O. The summed E-state index contributed by atoms with van der Waals surface area (Å²) >= 11 is 0. The molecule has 0 saturated heterocycles. The van der Waals surface area contributed by atoms with Gasteiger partial charge in [0, 0.05) is 6.42 Å². The van der Waals surface area contributed by atoms with E-state index < -0.39 is 11.5 Å². The highest BCUT2D eigenvalue weighted by Gasteiger charge is 2.32. The van der Waals surface area contributed by atoms with Crippen LogP contribution in [0.2, 0.25) is 0 Å². The molecule has 0 saturated carbocycles. The predicted octanol–water partition coefficient (Wildman–Crippen LogP) is 0.731. The van der Waals surface area contributed by atoms with Crippen LogP contribution in [0.25, 0.3) is 0 Å². The van der Waals surface area contributed by atoms with Gasteiger partial charge in [-0.05, 0) is 25.8 Å². The van der Waals surface area contributed by atoms with Crippen LogP contribution in [-0.4, -0.2) is 29.1 Å². The van der Waals surface area contributed by atoms with E-state index in [9.17, 15) is 9.59 Å². The van der Waals surface area contributed by atoms with E-state index in [1.165, 1.54) is 6.92 Å². The number of aliphatic carboxylic acids is 1. The van der Waals surface area contributed by atoms with Crippen LogP contribution in [0.5, 0.6) is 0 Å². The lowest BCUT2D eigenvalue weighted by Gasteiger charge is -2.25. The molecule has 0 aliphatic heterocycles. The summed E-state index contributed by atoms with van der Waals surface area (Å²) in [5.41, 5.74) is 4.31. The summed E-state index contributed by atoms with van der Waals surface area (Å²) in [4.78, 5) is 22.6. The maximum Gasteiger partial charge on any atom is 0.329 e. The quantitative estimate of drug-likeness (QED) is 0.601. The summed E-state index contributed by atoms with van der Waals surface area (Å²) in [5.74, 6) is -1.14. The van der Waals surface area contributed by atoms with Gasteiger partial charge in [-0.3, -0.25) is 4.79 Å². The third kappa shape index (κ3) is 4.18. The largest absolute Gasteiger partial charge is 0.480 e. The van der Waals surface area contributed by atoms with Crippen molar-refractivity contribution in [2.45, 2.75) is 45.6 Å². The van der Waals surface area contributed by atoms with Crippen LogP contribution in [0.3, 0.4) is 0 Å². The molecule has 0 spiro atoms. The Hall–Kier alpha value is -1.10. The summed E-state index contributed by atoms with van der Waals surface area (Å²) in [7, 11) is 0. The first-order valence-corrected chi connectivity index (χ1v) is 5.64. The van der Waals surface area contributed by atoms with Gasteiger partial charge >= 0.3 is 5.97 Å². The van der Waals surface area contributed by atoms with Crippen molar-refractivity contribution in [1.29, 1.82) is 0 Å². The zero-order chi connectivity index (χ0) is 12.8. The van der Waals surface area contributed by atoms with E-state index in [0.29, 0.717) is 13.0 Å². The van der Waals surface area contributed by atoms with Gasteiger partial charge in [-0.15, -0.1) is 0 Å². The van der Waals surface area contributed by atoms with E-state index in [2.05, 4.69) is 5.32 Å². The van der Waals surface area contributed by atoms with E-state index in [4.69, 9.17) is 10.8 Å². The van der Waals surface area contributed by atoms with E-state index in [-0.39, 0.29) is 18.2 Å². The number of carbonyl (C=O) groups excluding carboxylic acids is 1. The second kappa shape index (κ2) is 6.48. The van der Waals surface area contributed by atoms with Gasteiger partial charge in [0.25, 0.3) is 0 Å². The van der Waals surface area contributed by atoms with Crippen LogP contribution in [0.1, 0.15) is 40.0 Å². The molecule has 2 atom stereocenters. The summed E-state index contributed by atoms with van der Waals surface area (Å²) in [6, 6.07) is 0. The Kier molecular flexibility index (Phi) is 6.03. The second-order valence-corrected chi connectivity index (χ2v) is 4.25. The zero-order valence-corrected chi connectivity index (χ0v) is 10.2. The molecule has 0 rings (SSSR count). The monoisotopic (exact) mass is 230 g/mol. The lowest BCUT2D eigenvalue weighted by atomic mass is 9.97. The van der Waals surface area contributed by atoms with Gasteiger partial charge in [0.1, 0.15) is 5.54 Å². The highest BCUT2D eigenvalue weighted by Crippen LogP contribution is 2.12. The maximum absolute atomic E-state index is 11.6. The molecule has 0 fully saturated rings. The Bertz CT molecular complexity index is 252. The normalized spacial score (nSPS) is 16.2. The molecule has 2 unspecified atom stereocenters. The predicted molar refractivity (Wildman–Crippen MR) is 61.9 cm³/mol. The lowest BCUT2D eigenvalue weighted by Crippen LogP contribution is -2.52. The number of nitrogens with two attached hydrogens (primary N) is 1. The third-order valence-electron chi connectivity index (χ3n) is 2.98. The highest BCUT2D eigenvalue weighted by molar-refractivity contribution is 5.86. The average molecular weight is 230 g/mol. The summed E-state index contributed by atoms with van der Waals surface area (Å²) in [6.07, 6.45) is 1.46. The number of carboxylic acid groups (broad SMARTS) is 1. The van der Waals surface area contributed by atoms with Gasteiger partial charge in [-0.25, -0.2) is 4.79 Å². The van der Waals surface area contributed by atoms with Crippen molar-refractivity contribution in [2.75, 3.05) is 6.54 Å². The van der Waals surface area contributed by atoms with Crippen LogP contribution >= 0.6 is 0 Å². The molecule has 0 aromatic carbocycles. The molecular formula is C11H22N2O3. The van der Waals surface area contributed by atoms with Crippen LogP contribution in [0, 0.1) is 5.92 Å². The van der Waals surface area contributed by atoms with Crippen LogP contribution in [-0.2, 0) is 9.59 Å². The van der Waals surface area contributed by atoms with Crippen LogP contribution in [0.15, 0.2) is 0 Å². The number of hydrogen-bond acceptors (Lipinski definition) is 3. The van der Waals surface area contributed by atoms with Gasteiger partial charge in [-0.1, -0.05) is 20.3 Å². The highest BCUT2D eigenvalue weighted by atomic mass is 16.4.